The molecule has 0 spiro atoms. The molecule has 76 heavy (non-hydrogen) atoms. The van der Waals surface area contributed by atoms with Crippen LogP contribution in [0.4, 0.5) is 51.2 Å². The molecule has 0 bridgehead atoms. The number of para-hydroxylation sites is 5. The van der Waals surface area contributed by atoms with Gasteiger partial charge in [0.05, 0.1) is 27.1 Å². The summed E-state index contributed by atoms with van der Waals surface area (Å²) in [7, 11) is 0. The molecule has 0 unspecified atom stereocenters. The van der Waals surface area contributed by atoms with Crippen LogP contribution in [0.5, 0.6) is 0 Å². The summed E-state index contributed by atoms with van der Waals surface area (Å²) >= 11 is 3.72. The van der Waals surface area contributed by atoms with Gasteiger partial charge in [0.15, 0.2) is 0 Å². The highest BCUT2D eigenvalue weighted by Crippen LogP contribution is 2.52. The van der Waals surface area contributed by atoms with Crippen LogP contribution in [0.3, 0.4) is 0 Å². The molecule has 0 saturated heterocycles. The highest BCUT2D eigenvalue weighted by Gasteiger charge is 2.25. The molecule has 3 aromatic heterocycles. The number of aromatic nitrogens is 1. The molecule has 0 amide bonds. The third-order valence-electron chi connectivity index (χ3n) is 14.9. The van der Waals surface area contributed by atoms with Crippen molar-refractivity contribution >= 4 is 147 Å². The van der Waals surface area contributed by atoms with Crippen molar-refractivity contribution < 1.29 is 0 Å². The van der Waals surface area contributed by atoms with E-state index in [1.54, 1.807) is 0 Å². The van der Waals surface area contributed by atoms with Crippen molar-refractivity contribution in [3.8, 4) is 5.69 Å². The molecule has 0 saturated carbocycles. The van der Waals surface area contributed by atoms with Gasteiger partial charge < -0.3 is 19.3 Å². The molecule has 15 aromatic rings. The minimum atomic E-state index is 1.05. The monoisotopic (exact) mass is 1010 g/mol. The van der Waals surface area contributed by atoms with Crippen LogP contribution in [0.2, 0.25) is 0 Å². The van der Waals surface area contributed by atoms with Crippen LogP contribution in [0, 0.1) is 0 Å². The second-order valence-electron chi connectivity index (χ2n) is 19.3. The Kier molecular flexibility index (Phi) is 10.5. The van der Waals surface area contributed by atoms with Crippen molar-refractivity contribution in [3.63, 3.8) is 0 Å². The van der Waals surface area contributed by atoms with Crippen molar-refractivity contribution in [1.82, 2.24) is 4.57 Å². The van der Waals surface area contributed by atoms with E-state index in [1.807, 2.05) is 22.7 Å². The largest absolute Gasteiger partial charge is 0.310 e. The summed E-state index contributed by atoms with van der Waals surface area (Å²) in [6.07, 6.45) is 0. The van der Waals surface area contributed by atoms with E-state index >= 15 is 0 Å². The third-order valence-corrected chi connectivity index (χ3v) is 17.2. The first-order valence-corrected chi connectivity index (χ1v) is 27.4. The van der Waals surface area contributed by atoms with E-state index in [1.165, 1.54) is 67.4 Å². The van der Waals surface area contributed by atoms with Crippen LogP contribution in [0.1, 0.15) is 0 Å². The van der Waals surface area contributed by atoms with Gasteiger partial charge in [-0.25, -0.2) is 0 Å². The van der Waals surface area contributed by atoms with Crippen LogP contribution in [0.15, 0.2) is 279 Å². The van der Waals surface area contributed by atoms with Crippen LogP contribution in [-0.2, 0) is 0 Å². The Hall–Kier alpha value is -9.46. The molecular formula is C70H46N4S2. The molecular weight excluding hydrogens is 961 g/mol. The van der Waals surface area contributed by atoms with Crippen molar-refractivity contribution in [2.24, 2.45) is 0 Å². The summed E-state index contributed by atoms with van der Waals surface area (Å²) in [5, 5.41) is 9.79. The van der Waals surface area contributed by atoms with Gasteiger partial charge >= 0.3 is 0 Å². The second kappa shape index (κ2) is 18.2. The molecule has 358 valence electrons. The zero-order valence-electron chi connectivity index (χ0n) is 41.2. The molecule has 15 rings (SSSR count). The molecule has 0 aliphatic heterocycles. The zero-order chi connectivity index (χ0) is 50.1. The number of benzene rings is 12. The Labute approximate surface area is 448 Å². The second-order valence-corrected chi connectivity index (χ2v) is 21.4. The maximum absolute atomic E-state index is 2.48. The first-order valence-electron chi connectivity index (χ1n) is 25.7. The Balaban J connectivity index is 1.02. The van der Waals surface area contributed by atoms with Crippen molar-refractivity contribution in [2.75, 3.05) is 14.7 Å². The van der Waals surface area contributed by atoms with Gasteiger partial charge in [-0.2, -0.15) is 0 Å². The number of anilines is 9. The molecule has 3 heterocycles. The van der Waals surface area contributed by atoms with Crippen molar-refractivity contribution in [2.45, 2.75) is 0 Å². The molecule has 4 nitrogen and oxygen atoms in total. The number of hydrogen-bond acceptors (Lipinski definition) is 5. The number of nitrogens with zero attached hydrogens (tertiary/aromatic N) is 4. The van der Waals surface area contributed by atoms with E-state index in [-0.39, 0.29) is 0 Å². The number of hydrogen-bond donors (Lipinski definition) is 0. The fourth-order valence-electron chi connectivity index (χ4n) is 11.5. The highest BCUT2D eigenvalue weighted by atomic mass is 32.1. The van der Waals surface area contributed by atoms with Gasteiger partial charge in [-0.3, -0.25) is 0 Å². The Bertz CT molecular complexity index is 4650. The lowest BCUT2D eigenvalue weighted by Crippen LogP contribution is -2.13. The number of fused-ring (bicyclic) bond motifs is 10. The number of thiophene rings is 2. The summed E-state index contributed by atoms with van der Waals surface area (Å²) in [5.41, 5.74) is 13.3. The maximum Gasteiger partial charge on any atom is 0.0661 e. The minimum absolute atomic E-state index is 1.05. The van der Waals surface area contributed by atoms with Gasteiger partial charge in [-0.05, 0) is 127 Å². The van der Waals surface area contributed by atoms with Gasteiger partial charge in [0.25, 0.3) is 0 Å². The lowest BCUT2D eigenvalue weighted by Gasteiger charge is -2.30. The van der Waals surface area contributed by atoms with Gasteiger partial charge in [0, 0.05) is 97.3 Å². The average Bonchev–Trinajstić information content (AvgIpc) is 4.21. The highest BCUT2D eigenvalue weighted by molar-refractivity contribution is 7.26. The van der Waals surface area contributed by atoms with Gasteiger partial charge in [-0.1, -0.05) is 158 Å². The lowest BCUT2D eigenvalue weighted by atomic mass is 10.0. The molecule has 0 aliphatic rings. The Morgan fingerprint density at radius 2 is 0.763 bits per heavy atom. The molecule has 12 aromatic carbocycles. The fourth-order valence-corrected chi connectivity index (χ4v) is 13.8. The van der Waals surface area contributed by atoms with E-state index in [4.69, 9.17) is 0 Å². The fraction of sp³-hybridized carbons (Fsp3) is 0. The Morgan fingerprint density at radius 3 is 1.51 bits per heavy atom. The SMILES string of the molecule is c1ccc(N(c2cc(N(c3ccccc3)c3ccc4c(c3)sc3ccccc34)c3sc4ccc(N(c5ccccc5)c5cccc6ccccc56)cc4c3c2)c2ccc3c4ccccc4n(-c4ccccc4)c3c2)cc1. The number of rotatable bonds is 10. The zero-order valence-corrected chi connectivity index (χ0v) is 42.8. The van der Waals surface area contributed by atoms with Crippen LogP contribution in [-0.4, -0.2) is 4.57 Å². The molecule has 6 heteroatoms. The summed E-state index contributed by atoms with van der Waals surface area (Å²) in [4.78, 5) is 7.36. The molecule has 0 fully saturated rings. The van der Waals surface area contributed by atoms with E-state index in [0.29, 0.717) is 0 Å². The molecule has 0 radical (unpaired) electrons. The van der Waals surface area contributed by atoms with Gasteiger partial charge in [-0.15, -0.1) is 22.7 Å². The van der Waals surface area contributed by atoms with Crippen molar-refractivity contribution in [1.29, 1.82) is 0 Å². The standard InChI is InChI=1S/C70H46N4S2/c1-5-22-48(23-6-1)71(53-36-39-58-57-31-15-17-33-64(57)74(65(58)44-53)51-28-11-4-12-29-51)55-43-62-61-42-52(72(49-24-7-2-8-25-49)63-34-19-21-47-20-13-14-30-56(47)63)38-41-68(61)76-70(62)66(45-55)73(50-26-9-3-10-27-50)54-37-40-60-59-32-16-18-35-67(59)75-69(60)46-54/h1-46H. The summed E-state index contributed by atoms with van der Waals surface area (Å²) in [6.45, 7) is 0. The topological polar surface area (TPSA) is 14.7 Å². The van der Waals surface area contributed by atoms with Gasteiger partial charge in [0.2, 0.25) is 0 Å². The predicted octanol–water partition coefficient (Wildman–Crippen LogP) is 21.1. The normalized spacial score (nSPS) is 11.7. The molecule has 0 aliphatic carbocycles. The minimum Gasteiger partial charge on any atom is -0.310 e. The molecule has 0 atom stereocenters. The van der Waals surface area contributed by atoms with E-state index in [2.05, 4.69) is 298 Å². The molecule has 0 N–H and O–H groups in total. The Morgan fingerprint density at radius 1 is 0.250 bits per heavy atom. The van der Waals surface area contributed by atoms with E-state index < -0.39 is 0 Å². The van der Waals surface area contributed by atoms with E-state index in [9.17, 15) is 0 Å². The van der Waals surface area contributed by atoms with E-state index in [0.717, 1.165) is 62.4 Å². The summed E-state index contributed by atoms with van der Waals surface area (Å²) in [5.74, 6) is 0. The smallest absolute Gasteiger partial charge is 0.0661 e. The lowest BCUT2D eigenvalue weighted by molar-refractivity contribution is 1.18. The first kappa shape index (κ1) is 44.1. The van der Waals surface area contributed by atoms with Gasteiger partial charge in [0.1, 0.15) is 0 Å². The first-order chi connectivity index (χ1) is 37.7. The summed E-state index contributed by atoms with van der Waals surface area (Å²) in [6, 6.07) is 102. The third kappa shape index (κ3) is 7.33. The van der Waals surface area contributed by atoms with Crippen LogP contribution >= 0.6 is 22.7 Å². The van der Waals surface area contributed by atoms with Crippen molar-refractivity contribution in [3.05, 3.63) is 279 Å². The van der Waals surface area contributed by atoms with Crippen LogP contribution in [0.25, 0.3) is 78.6 Å². The predicted molar refractivity (Wildman–Crippen MR) is 328 cm³/mol. The van der Waals surface area contributed by atoms with Crippen LogP contribution < -0.4 is 14.7 Å². The maximum atomic E-state index is 2.48. The quantitative estimate of drug-likeness (QED) is 0.136. The summed E-state index contributed by atoms with van der Waals surface area (Å²) < 4.78 is 7.39. The average molecular weight is 1010 g/mol.